The van der Waals surface area contributed by atoms with Gasteiger partial charge in [-0.2, -0.15) is 11.8 Å². The highest BCUT2D eigenvalue weighted by molar-refractivity contribution is 7.99. The highest BCUT2D eigenvalue weighted by Crippen LogP contribution is 2.37. The first-order valence-corrected chi connectivity index (χ1v) is 11.5. The van der Waals surface area contributed by atoms with Crippen LogP contribution < -0.4 is 9.64 Å². The van der Waals surface area contributed by atoms with Crippen molar-refractivity contribution in [3.63, 3.8) is 0 Å². The van der Waals surface area contributed by atoms with E-state index in [9.17, 15) is 9.59 Å². The summed E-state index contributed by atoms with van der Waals surface area (Å²) < 4.78 is 5.26. The Balaban J connectivity index is 1.40. The number of thiophene rings is 1. The maximum Gasteiger partial charge on any atom is 0.228 e. The van der Waals surface area contributed by atoms with Gasteiger partial charge in [-0.05, 0) is 30.0 Å². The number of nitrogens with zero attached hydrogens (tertiary/aromatic N) is 2. The van der Waals surface area contributed by atoms with Crippen LogP contribution in [-0.2, 0) is 9.59 Å². The average Bonchev–Trinajstić information content (AvgIpc) is 3.32. The molecule has 4 rings (SSSR count). The minimum absolute atomic E-state index is 0.00672. The predicted molar refractivity (Wildman–Crippen MR) is 114 cm³/mol. The molecule has 0 radical (unpaired) electrons. The summed E-state index contributed by atoms with van der Waals surface area (Å²) in [5.74, 6) is 1.51. The summed E-state index contributed by atoms with van der Waals surface area (Å²) in [6.45, 7) is 1.97. The summed E-state index contributed by atoms with van der Waals surface area (Å²) in [6, 6.07) is 11.7. The molecule has 148 valence electrons. The van der Waals surface area contributed by atoms with Crippen molar-refractivity contribution >= 4 is 40.6 Å². The van der Waals surface area contributed by atoms with Gasteiger partial charge in [0.05, 0.1) is 13.0 Å². The highest BCUT2D eigenvalue weighted by Gasteiger charge is 2.37. The predicted octanol–water partition coefficient (Wildman–Crippen LogP) is 3.82. The van der Waals surface area contributed by atoms with E-state index < -0.39 is 0 Å². The lowest BCUT2D eigenvalue weighted by Gasteiger charge is -2.24. The van der Waals surface area contributed by atoms with Gasteiger partial charge in [-0.1, -0.05) is 12.1 Å². The van der Waals surface area contributed by atoms with Crippen molar-refractivity contribution in [1.29, 1.82) is 0 Å². The van der Waals surface area contributed by atoms with E-state index in [1.165, 1.54) is 4.88 Å². The topological polar surface area (TPSA) is 49.9 Å². The molecule has 1 aromatic heterocycles. The Hall–Kier alpha value is -1.99. The molecule has 2 unspecified atom stereocenters. The molecule has 7 heteroatoms. The standard InChI is InChI=1S/C21H24N2O3S2/c1-26-17-5-2-4-16(13-17)23-14-15(12-20(23)24)21(25)22-8-7-19(28-11-9-22)18-6-3-10-27-18/h2-6,10,13,15,19H,7-9,11-12,14H2,1H3. The van der Waals surface area contributed by atoms with E-state index in [-0.39, 0.29) is 24.2 Å². The Morgan fingerprint density at radius 1 is 1.21 bits per heavy atom. The molecule has 28 heavy (non-hydrogen) atoms. The van der Waals surface area contributed by atoms with Crippen LogP contribution in [0.15, 0.2) is 41.8 Å². The molecule has 3 heterocycles. The van der Waals surface area contributed by atoms with E-state index in [2.05, 4.69) is 17.5 Å². The average molecular weight is 417 g/mol. The second-order valence-electron chi connectivity index (χ2n) is 7.10. The molecule has 0 saturated carbocycles. The van der Waals surface area contributed by atoms with Crippen molar-refractivity contribution in [3.05, 3.63) is 46.7 Å². The SMILES string of the molecule is COc1cccc(N2CC(C(=O)N3CCSC(c4cccs4)CC3)CC2=O)c1. The lowest BCUT2D eigenvalue weighted by molar-refractivity contribution is -0.135. The first-order valence-electron chi connectivity index (χ1n) is 9.54. The lowest BCUT2D eigenvalue weighted by Crippen LogP contribution is -2.38. The fourth-order valence-corrected chi connectivity index (χ4v) is 6.09. The van der Waals surface area contributed by atoms with Crippen molar-refractivity contribution in [2.45, 2.75) is 18.1 Å². The number of hydrogen-bond acceptors (Lipinski definition) is 5. The van der Waals surface area contributed by atoms with Gasteiger partial charge in [0.25, 0.3) is 0 Å². The minimum Gasteiger partial charge on any atom is -0.497 e. The smallest absolute Gasteiger partial charge is 0.228 e. The Kier molecular flexibility index (Phi) is 5.92. The third-order valence-corrected chi connectivity index (χ3v) is 7.80. The van der Waals surface area contributed by atoms with Crippen LogP contribution in [0.1, 0.15) is 23.0 Å². The van der Waals surface area contributed by atoms with Crippen LogP contribution in [0.2, 0.25) is 0 Å². The van der Waals surface area contributed by atoms with Crippen LogP contribution in [-0.4, -0.2) is 49.2 Å². The third kappa shape index (κ3) is 4.05. The number of amides is 2. The molecule has 1 aromatic carbocycles. The number of hydrogen-bond donors (Lipinski definition) is 0. The number of ether oxygens (including phenoxy) is 1. The monoisotopic (exact) mass is 416 g/mol. The lowest BCUT2D eigenvalue weighted by atomic mass is 10.1. The zero-order valence-electron chi connectivity index (χ0n) is 15.9. The van der Waals surface area contributed by atoms with Crippen molar-refractivity contribution in [1.82, 2.24) is 4.90 Å². The number of rotatable bonds is 4. The maximum atomic E-state index is 13.1. The zero-order valence-corrected chi connectivity index (χ0v) is 17.5. The van der Waals surface area contributed by atoms with Gasteiger partial charge in [-0.3, -0.25) is 9.59 Å². The molecule has 0 N–H and O–H groups in total. The molecular weight excluding hydrogens is 392 g/mol. The summed E-state index contributed by atoms with van der Waals surface area (Å²) in [5, 5.41) is 2.58. The fourth-order valence-electron chi connectivity index (χ4n) is 3.85. The van der Waals surface area contributed by atoms with E-state index in [1.54, 1.807) is 23.3 Å². The summed E-state index contributed by atoms with van der Waals surface area (Å²) in [4.78, 5) is 30.7. The number of anilines is 1. The quantitative estimate of drug-likeness (QED) is 0.760. The first-order chi connectivity index (χ1) is 13.7. The van der Waals surface area contributed by atoms with E-state index in [0.29, 0.717) is 17.5 Å². The molecule has 2 aliphatic heterocycles. The van der Waals surface area contributed by atoms with Gasteiger partial charge in [0.15, 0.2) is 0 Å². The molecule has 2 aromatic rings. The van der Waals surface area contributed by atoms with Gasteiger partial charge in [-0.25, -0.2) is 0 Å². The van der Waals surface area contributed by atoms with Gasteiger partial charge < -0.3 is 14.5 Å². The fraction of sp³-hybridized carbons (Fsp3) is 0.429. The second-order valence-corrected chi connectivity index (χ2v) is 9.39. The zero-order chi connectivity index (χ0) is 19.5. The molecule has 5 nitrogen and oxygen atoms in total. The third-order valence-electron chi connectivity index (χ3n) is 5.35. The van der Waals surface area contributed by atoms with Crippen LogP contribution in [0.25, 0.3) is 0 Å². The van der Waals surface area contributed by atoms with Crippen molar-refractivity contribution in [2.75, 3.05) is 37.4 Å². The van der Waals surface area contributed by atoms with Crippen molar-refractivity contribution < 1.29 is 14.3 Å². The second kappa shape index (κ2) is 8.57. The summed E-state index contributed by atoms with van der Waals surface area (Å²) in [7, 11) is 1.61. The van der Waals surface area contributed by atoms with E-state index in [1.807, 2.05) is 40.9 Å². The summed E-state index contributed by atoms with van der Waals surface area (Å²) in [5.41, 5.74) is 0.795. The summed E-state index contributed by atoms with van der Waals surface area (Å²) >= 11 is 3.72. The normalized spacial score (nSPS) is 23.0. The Morgan fingerprint density at radius 3 is 2.89 bits per heavy atom. The maximum absolute atomic E-state index is 13.1. The Labute approximate surface area is 173 Å². The molecule has 2 amide bonds. The van der Waals surface area contributed by atoms with Crippen LogP contribution in [0.3, 0.4) is 0 Å². The minimum atomic E-state index is -0.262. The van der Waals surface area contributed by atoms with Gasteiger partial charge >= 0.3 is 0 Å². The van der Waals surface area contributed by atoms with Crippen LogP contribution in [0.4, 0.5) is 5.69 Å². The number of benzene rings is 1. The summed E-state index contributed by atoms with van der Waals surface area (Å²) in [6.07, 6.45) is 1.26. The van der Waals surface area contributed by atoms with Gasteiger partial charge in [0, 0.05) is 53.7 Å². The van der Waals surface area contributed by atoms with E-state index in [4.69, 9.17) is 4.74 Å². The number of carbonyl (C=O) groups is 2. The largest absolute Gasteiger partial charge is 0.497 e. The molecule has 0 spiro atoms. The van der Waals surface area contributed by atoms with Crippen LogP contribution >= 0.6 is 23.1 Å². The Bertz CT molecular complexity index is 840. The van der Waals surface area contributed by atoms with Crippen LogP contribution in [0.5, 0.6) is 5.75 Å². The van der Waals surface area contributed by atoms with Gasteiger partial charge in [0.1, 0.15) is 5.75 Å². The molecule has 2 aliphatic rings. The number of thioether (sulfide) groups is 1. The molecule has 0 aliphatic carbocycles. The first kappa shape index (κ1) is 19.3. The highest BCUT2D eigenvalue weighted by atomic mass is 32.2. The van der Waals surface area contributed by atoms with Gasteiger partial charge in [0.2, 0.25) is 11.8 Å². The van der Waals surface area contributed by atoms with E-state index >= 15 is 0 Å². The van der Waals surface area contributed by atoms with E-state index in [0.717, 1.165) is 31.0 Å². The Morgan fingerprint density at radius 2 is 2.11 bits per heavy atom. The number of methoxy groups -OCH3 is 1. The number of carbonyl (C=O) groups excluding carboxylic acids is 2. The van der Waals surface area contributed by atoms with Crippen molar-refractivity contribution in [2.24, 2.45) is 5.92 Å². The molecule has 2 atom stereocenters. The molecular formula is C21H24N2O3S2. The molecule has 2 saturated heterocycles. The molecule has 2 fully saturated rings. The van der Waals surface area contributed by atoms with Crippen LogP contribution in [0, 0.1) is 5.92 Å². The van der Waals surface area contributed by atoms with Gasteiger partial charge in [-0.15, -0.1) is 11.3 Å². The molecule has 0 bridgehead atoms. The van der Waals surface area contributed by atoms with Crippen molar-refractivity contribution in [3.8, 4) is 5.75 Å².